The van der Waals surface area contributed by atoms with Crippen molar-refractivity contribution in [3.63, 3.8) is 0 Å². The van der Waals surface area contributed by atoms with Crippen LogP contribution in [0.3, 0.4) is 0 Å². The molecule has 0 radical (unpaired) electrons. The Morgan fingerprint density at radius 2 is 1.68 bits per heavy atom. The molecule has 0 saturated heterocycles. The number of amides is 1. The van der Waals surface area contributed by atoms with E-state index in [2.05, 4.69) is 29.6 Å². The number of benzene rings is 2. The van der Waals surface area contributed by atoms with Crippen molar-refractivity contribution in [3.8, 4) is 11.3 Å². The molecule has 0 atom stereocenters. The normalized spacial score (nSPS) is 14.5. The predicted molar refractivity (Wildman–Crippen MR) is 115 cm³/mol. The summed E-state index contributed by atoms with van der Waals surface area (Å²) in [5.74, 6) is -0.177. The molecule has 4 heteroatoms. The molecule has 1 amide bonds. The van der Waals surface area contributed by atoms with Crippen molar-refractivity contribution in [1.82, 2.24) is 10.4 Å². The van der Waals surface area contributed by atoms with E-state index in [0.29, 0.717) is 5.56 Å². The van der Waals surface area contributed by atoms with Gasteiger partial charge in [0, 0.05) is 16.7 Å². The minimum atomic E-state index is -0.177. The Kier molecular flexibility index (Phi) is 5.47. The Labute approximate surface area is 165 Å². The molecule has 1 aromatic heterocycles. The lowest BCUT2D eigenvalue weighted by Gasteiger charge is -2.10. The zero-order valence-corrected chi connectivity index (χ0v) is 16.2. The van der Waals surface area contributed by atoms with E-state index in [9.17, 15) is 4.79 Å². The SMILES string of the molecule is Cc1ccc(-c2cc(C(=O)NN=C3CCCCCC3)c3ccccc3n2)cc1. The predicted octanol–water partition coefficient (Wildman–Crippen LogP) is 5.65. The summed E-state index contributed by atoms with van der Waals surface area (Å²) in [6.45, 7) is 2.06. The molecule has 1 heterocycles. The van der Waals surface area contributed by atoms with Crippen LogP contribution in [0.4, 0.5) is 0 Å². The number of fused-ring (bicyclic) bond motifs is 1. The summed E-state index contributed by atoms with van der Waals surface area (Å²) in [5, 5.41) is 5.28. The summed E-state index contributed by atoms with van der Waals surface area (Å²) in [6.07, 6.45) is 6.77. The first-order valence-corrected chi connectivity index (χ1v) is 10.0. The molecule has 1 aliphatic carbocycles. The van der Waals surface area contributed by atoms with E-state index < -0.39 is 0 Å². The van der Waals surface area contributed by atoms with E-state index in [-0.39, 0.29) is 5.91 Å². The first-order chi connectivity index (χ1) is 13.7. The molecule has 0 spiro atoms. The molecule has 1 fully saturated rings. The molecule has 2 aromatic carbocycles. The molecule has 1 aliphatic rings. The van der Waals surface area contributed by atoms with Gasteiger partial charge in [-0.2, -0.15) is 5.10 Å². The maximum absolute atomic E-state index is 13.0. The second-order valence-electron chi connectivity index (χ2n) is 7.47. The molecule has 28 heavy (non-hydrogen) atoms. The summed E-state index contributed by atoms with van der Waals surface area (Å²) in [4.78, 5) is 17.7. The van der Waals surface area contributed by atoms with Crippen molar-refractivity contribution in [2.24, 2.45) is 5.10 Å². The van der Waals surface area contributed by atoms with E-state index >= 15 is 0 Å². The van der Waals surface area contributed by atoms with Gasteiger partial charge < -0.3 is 0 Å². The summed E-state index contributed by atoms with van der Waals surface area (Å²) in [5.41, 5.74) is 8.31. The van der Waals surface area contributed by atoms with Crippen molar-refractivity contribution in [3.05, 3.63) is 65.7 Å². The highest BCUT2D eigenvalue weighted by Gasteiger charge is 2.14. The Morgan fingerprint density at radius 1 is 0.964 bits per heavy atom. The number of hydrazone groups is 1. The number of carbonyl (C=O) groups is 1. The Morgan fingerprint density at radius 3 is 2.43 bits per heavy atom. The highest BCUT2D eigenvalue weighted by molar-refractivity contribution is 6.07. The van der Waals surface area contributed by atoms with Crippen LogP contribution in [0, 0.1) is 6.92 Å². The second-order valence-corrected chi connectivity index (χ2v) is 7.47. The van der Waals surface area contributed by atoms with Crippen molar-refractivity contribution >= 4 is 22.5 Å². The van der Waals surface area contributed by atoms with Crippen LogP contribution in [0.15, 0.2) is 59.7 Å². The molecule has 1 N–H and O–H groups in total. The fourth-order valence-corrected chi connectivity index (χ4v) is 3.67. The van der Waals surface area contributed by atoms with Gasteiger partial charge in [0.25, 0.3) is 5.91 Å². The zero-order chi connectivity index (χ0) is 19.3. The third kappa shape index (κ3) is 4.11. The quantitative estimate of drug-likeness (QED) is 0.478. The Balaban J connectivity index is 1.69. The van der Waals surface area contributed by atoms with Gasteiger partial charge in [-0.1, -0.05) is 60.9 Å². The average molecular weight is 371 g/mol. The zero-order valence-electron chi connectivity index (χ0n) is 16.2. The fourth-order valence-electron chi connectivity index (χ4n) is 3.67. The lowest BCUT2D eigenvalue weighted by atomic mass is 10.0. The van der Waals surface area contributed by atoms with Crippen LogP contribution in [0.2, 0.25) is 0 Å². The van der Waals surface area contributed by atoms with Gasteiger partial charge in [0.2, 0.25) is 0 Å². The Bertz CT molecular complexity index is 1010. The van der Waals surface area contributed by atoms with Gasteiger partial charge in [0.05, 0.1) is 16.8 Å². The molecule has 4 rings (SSSR count). The highest BCUT2D eigenvalue weighted by atomic mass is 16.2. The first kappa shape index (κ1) is 18.4. The number of carbonyl (C=O) groups excluding carboxylic acids is 1. The number of hydrogen-bond acceptors (Lipinski definition) is 3. The smallest absolute Gasteiger partial charge is 0.267 e. The van der Waals surface area contributed by atoms with Crippen LogP contribution in [0.25, 0.3) is 22.2 Å². The number of nitrogens with zero attached hydrogens (tertiary/aromatic N) is 2. The lowest BCUT2D eigenvalue weighted by Crippen LogP contribution is -2.20. The summed E-state index contributed by atoms with van der Waals surface area (Å²) in [6, 6.07) is 17.8. The standard InChI is InChI=1S/C24H25N3O/c1-17-12-14-18(15-13-17)23-16-21(20-10-6-7-11-22(20)25-23)24(28)27-26-19-8-4-2-3-5-9-19/h6-7,10-16H,2-5,8-9H2,1H3,(H,27,28). The van der Waals surface area contributed by atoms with Gasteiger partial charge in [-0.25, -0.2) is 10.4 Å². The molecule has 142 valence electrons. The maximum Gasteiger partial charge on any atom is 0.272 e. The number of rotatable bonds is 3. The van der Waals surface area contributed by atoms with Crippen molar-refractivity contribution in [2.45, 2.75) is 45.4 Å². The molecule has 4 nitrogen and oxygen atoms in total. The van der Waals surface area contributed by atoms with Crippen LogP contribution in [-0.4, -0.2) is 16.6 Å². The van der Waals surface area contributed by atoms with Crippen LogP contribution >= 0.6 is 0 Å². The monoisotopic (exact) mass is 371 g/mol. The number of pyridine rings is 1. The van der Waals surface area contributed by atoms with Gasteiger partial charge in [-0.15, -0.1) is 0 Å². The second kappa shape index (κ2) is 8.34. The van der Waals surface area contributed by atoms with Crippen LogP contribution in [-0.2, 0) is 0 Å². The molecule has 3 aromatic rings. The maximum atomic E-state index is 13.0. The summed E-state index contributed by atoms with van der Waals surface area (Å²) < 4.78 is 0. The van der Waals surface area contributed by atoms with Crippen molar-refractivity contribution < 1.29 is 4.79 Å². The van der Waals surface area contributed by atoms with Crippen LogP contribution in [0.5, 0.6) is 0 Å². The largest absolute Gasteiger partial charge is 0.272 e. The topological polar surface area (TPSA) is 54.4 Å². The van der Waals surface area contributed by atoms with Crippen molar-refractivity contribution in [1.29, 1.82) is 0 Å². The molecule has 0 unspecified atom stereocenters. The molecule has 1 saturated carbocycles. The molecule has 0 aliphatic heterocycles. The minimum absolute atomic E-state index is 0.177. The van der Waals surface area contributed by atoms with Crippen LogP contribution in [0.1, 0.15) is 54.4 Å². The number of aryl methyl sites for hydroxylation is 1. The van der Waals surface area contributed by atoms with E-state index in [1.54, 1.807) is 0 Å². The third-order valence-corrected chi connectivity index (χ3v) is 5.30. The number of para-hydroxylation sites is 1. The van der Waals surface area contributed by atoms with Gasteiger partial charge in [0.1, 0.15) is 0 Å². The Hall–Kier alpha value is -3.01. The highest BCUT2D eigenvalue weighted by Crippen LogP contribution is 2.25. The van der Waals surface area contributed by atoms with Gasteiger partial charge in [-0.3, -0.25) is 4.79 Å². The van der Waals surface area contributed by atoms with E-state index in [1.165, 1.54) is 18.4 Å². The molecular weight excluding hydrogens is 346 g/mol. The minimum Gasteiger partial charge on any atom is -0.267 e. The fraction of sp³-hybridized carbons (Fsp3) is 0.292. The molecular formula is C24H25N3O. The third-order valence-electron chi connectivity index (χ3n) is 5.30. The summed E-state index contributed by atoms with van der Waals surface area (Å²) in [7, 11) is 0. The summed E-state index contributed by atoms with van der Waals surface area (Å²) >= 11 is 0. The first-order valence-electron chi connectivity index (χ1n) is 10.0. The molecule has 0 bridgehead atoms. The lowest BCUT2D eigenvalue weighted by molar-refractivity contribution is 0.0956. The number of hydrogen-bond donors (Lipinski definition) is 1. The average Bonchev–Trinajstić information content (AvgIpc) is 3.00. The van der Waals surface area contributed by atoms with Crippen LogP contribution < -0.4 is 5.43 Å². The van der Waals surface area contributed by atoms with E-state index in [4.69, 9.17) is 4.98 Å². The van der Waals surface area contributed by atoms with E-state index in [0.717, 1.165) is 53.6 Å². The van der Waals surface area contributed by atoms with Gasteiger partial charge >= 0.3 is 0 Å². The number of aromatic nitrogens is 1. The van der Waals surface area contributed by atoms with E-state index in [1.807, 2.05) is 42.5 Å². The number of nitrogens with one attached hydrogen (secondary N) is 1. The van der Waals surface area contributed by atoms with Gasteiger partial charge in [0.15, 0.2) is 0 Å². The van der Waals surface area contributed by atoms with Gasteiger partial charge in [-0.05, 0) is 44.7 Å². The van der Waals surface area contributed by atoms with Crippen molar-refractivity contribution in [2.75, 3.05) is 0 Å².